The molecule has 6 heteroatoms. The molecule has 0 fully saturated rings. The van der Waals surface area contributed by atoms with Gasteiger partial charge in [-0.1, -0.05) is 25.3 Å². The van der Waals surface area contributed by atoms with Gasteiger partial charge in [-0.25, -0.2) is 4.89 Å². The van der Waals surface area contributed by atoms with Gasteiger partial charge in [0.05, 0.1) is 18.2 Å². The Balaban J connectivity index is 0.000000885. The van der Waals surface area contributed by atoms with E-state index in [1.807, 2.05) is 0 Å². The van der Waals surface area contributed by atoms with Gasteiger partial charge in [0.1, 0.15) is 11.5 Å². The number of phenolic OH excluding ortho intramolecular Hbond substituents is 2. The van der Waals surface area contributed by atoms with Crippen molar-refractivity contribution in [3.05, 3.63) is 60.7 Å². The first-order valence-corrected chi connectivity index (χ1v) is 5.89. The Bertz CT molecular complexity index is 507. The highest BCUT2D eigenvalue weighted by Crippen LogP contribution is 2.22. The lowest BCUT2D eigenvalue weighted by Gasteiger charge is -1.96. The number of hydrogen-bond donors (Lipinski definition) is 3. The second-order valence-electron chi connectivity index (χ2n) is 3.61. The van der Waals surface area contributed by atoms with Crippen molar-refractivity contribution in [2.24, 2.45) is 5.90 Å². The fraction of sp³-hybridized carbons (Fsp3) is 0.133. The van der Waals surface area contributed by atoms with E-state index in [1.165, 1.54) is 25.5 Å². The van der Waals surface area contributed by atoms with Crippen molar-refractivity contribution in [3.8, 4) is 11.5 Å². The first kappa shape index (κ1) is 18.6. The molecule has 4 N–H and O–H groups in total. The standard InChI is InChI=1S/C14H14O3.CH5NO2/c1-3-5-11(4-2)9-17-10-12-6-7-13(15)8-14(12)16;1-3-4-2/h3-9H,1-2,10H2,(H-,15,16);2H2,1H3/p+1/b11-5+;. The molecule has 0 unspecified atom stereocenters. The second-order valence-corrected chi connectivity index (χ2v) is 3.61. The molecule has 0 heterocycles. The number of carbonyl (C=O) groups excluding carboxylic acids is 1. The first-order valence-electron chi connectivity index (χ1n) is 5.89. The Labute approximate surface area is 123 Å². The molecule has 1 aromatic carbocycles. The van der Waals surface area contributed by atoms with Gasteiger partial charge in [-0.05, 0) is 18.2 Å². The maximum atomic E-state index is 9.51. The summed E-state index contributed by atoms with van der Waals surface area (Å²) in [4.78, 5) is 7.36. The molecule has 0 bridgehead atoms. The summed E-state index contributed by atoms with van der Waals surface area (Å²) in [6, 6.07) is 4.36. The Morgan fingerprint density at radius 3 is 2.52 bits per heavy atom. The lowest BCUT2D eigenvalue weighted by molar-refractivity contribution is -0.469. The molecule has 1 aromatic rings. The molecule has 0 radical (unpaired) electrons. The summed E-state index contributed by atoms with van der Waals surface area (Å²) in [7, 11) is 1.33. The Hall–Kier alpha value is -2.41. The van der Waals surface area contributed by atoms with Crippen LogP contribution in [0, 0.1) is 0 Å². The monoisotopic (exact) mass is 294 g/mol. The van der Waals surface area contributed by atoms with Crippen LogP contribution in [0.15, 0.2) is 55.2 Å². The summed E-state index contributed by atoms with van der Waals surface area (Å²) in [5.74, 6) is 4.33. The number of aromatic hydroxyl groups is 2. The van der Waals surface area contributed by atoms with Crippen molar-refractivity contribution in [1.29, 1.82) is 0 Å². The van der Waals surface area contributed by atoms with Gasteiger partial charge in [-0.15, -0.1) is 4.99 Å². The van der Waals surface area contributed by atoms with Crippen molar-refractivity contribution in [2.75, 3.05) is 7.11 Å². The summed E-state index contributed by atoms with van der Waals surface area (Å²) in [6.07, 6.45) is 6.55. The Morgan fingerprint density at radius 1 is 1.38 bits per heavy atom. The van der Waals surface area contributed by atoms with E-state index in [0.717, 1.165) is 5.57 Å². The number of nitrogens with two attached hydrogens (primary N) is 1. The Morgan fingerprint density at radius 2 is 2.05 bits per heavy atom. The summed E-state index contributed by atoms with van der Waals surface area (Å²) in [5, 5.41) is 18.6. The highest BCUT2D eigenvalue weighted by molar-refractivity contribution is 5.77. The maximum absolute atomic E-state index is 9.51. The molecule has 0 aliphatic rings. The van der Waals surface area contributed by atoms with Gasteiger partial charge in [-0.3, -0.25) is 4.42 Å². The first-order chi connectivity index (χ1) is 10.1. The molecule has 21 heavy (non-hydrogen) atoms. The Kier molecular flexibility index (Phi) is 10.1. The van der Waals surface area contributed by atoms with Crippen LogP contribution in [0.2, 0.25) is 0 Å². The smallest absolute Gasteiger partial charge is 0.316 e. The van der Waals surface area contributed by atoms with E-state index >= 15 is 0 Å². The maximum Gasteiger partial charge on any atom is 0.316 e. The third-order valence-electron chi connectivity index (χ3n) is 2.17. The van der Waals surface area contributed by atoms with Gasteiger partial charge < -0.3 is 10.2 Å². The van der Waals surface area contributed by atoms with Crippen LogP contribution in [0.5, 0.6) is 11.5 Å². The van der Waals surface area contributed by atoms with Crippen LogP contribution in [0.25, 0.3) is 0 Å². The quantitative estimate of drug-likeness (QED) is 0.186. The summed E-state index contributed by atoms with van der Waals surface area (Å²) >= 11 is 0. The highest BCUT2D eigenvalue weighted by atomic mass is 17.3. The van der Waals surface area contributed by atoms with Crippen LogP contribution >= 0.6 is 0 Å². The van der Waals surface area contributed by atoms with E-state index < -0.39 is 0 Å². The third-order valence-corrected chi connectivity index (χ3v) is 2.17. The zero-order valence-corrected chi connectivity index (χ0v) is 11.9. The molecule has 0 atom stereocenters. The predicted octanol–water partition coefficient (Wildman–Crippen LogP) is 2.07. The molecular weight excluding hydrogens is 274 g/mol. The minimum Gasteiger partial charge on any atom is -0.508 e. The summed E-state index contributed by atoms with van der Waals surface area (Å²) in [6.45, 7) is 7.41. The van der Waals surface area contributed by atoms with E-state index in [4.69, 9.17) is 9.53 Å². The van der Waals surface area contributed by atoms with E-state index in [-0.39, 0.29) is 18.1 Å². The van der Waals surface area contributed by atoms with Crippen molar-refractivity contribution >= 4 is 6.29 Å². The minimum absolute atomic E-state index is 0.00579. The van der Waals surface area contributed by atoms with Gasteiger partial charge in [0.25, 0.3) is 6.61 Å². The van der Waals surface area contributed by atoms with Gasteiger partial charge >= 0.3 is 6.29 Å². The van der Waals surface area contributed by atoms with Gasteiger partial charge in [0.15, 0.2) is 0 Å². The molecule has 0 aliphatic heterocycles. The molecule has 6 nitrogen and oxygen atoms in total. The number of phenols is 2. The fourth-order valence-electron chi connectivity index (χ4n) is 1.19. The van der Waals surface area contributed by atoms with Gasteiger partial charge in [0, 0.05) is 6.07 Å². The molecule has 114 valence electrons. The normalized spacial score (nSPS) is 10.9. The van der Waals surface area contributed by atoms with E-state index in [2.05, 4.69) is 28.9 Å². The lowest BCUT2D eigenvalue weighted by atomic mass is 10.2. The highest BCUT2D eigenvalue weighted by Gasteiger charge is 2.06. The van der Waals surface area contributed by atoms with Gasteiger partial charge in [0.2, 0.25) is 0 Å². The average Bonchev–Trinajstić information content (AvgIpc) is 2.48. The molecule has 0 aliphatic carbocycles. The minimum atomic E-state index is 0.00579. The fourth-order valence-corrected chi connectivity index (χ4v) is 1.19. The lowest BCUT2D eigenvalue weighted by Crippen LogP contribution is -1.93. The molecule has 0 aromatic heterocycles. The SMILES string of the molecule is C=C/C=C(\C=C)C=[O+]Cc1ccc(O)cc1O.COON. The van der Waals surface area contributed by atoms with Crippen molar-refractivity contribution in [1.82, 2.24) is 0 Å². The van der Waals surface area contributed by atoms with Crippen LogP contribution in [-0.2, 0) is 20.9 Å². The van der Waals surface area contributed by atoms with Gasteiger partial charge in [-0.2, -0.15) is 5.90 Å². The van der Waals surface area contributed by atoms with Crippen LogP contribution in [0.1, 0.15) is 5.56 Å². The third kappa shape index (κ3) is 8.38. The zero-order valence-electron chi connectivity index (χ0n) is 11.9. The molecular formula is C15H20NO5+. The number of rotatable bonds is 6. The van der Waals surface area contributed by atoms with E-state index in [1.54, 1.807) is 24.3 Å². The van der Waals surface area contributed by atoms with Crippen molar-refractivity contribution in [2.45, 2.75) is 6.61 Å². The largest absolute Gasteiger partial charge is 0.508 e. The van der Waals surface area contributed by atoms with Crippen LogP contribution < -0.4 is 5.90 Å². The van der Waals surface area contributed by atoms with E-state index in [9.17, 15) is 5.11 Å². The molecule has 0 amide bonds. The summed E-state index contributed by atoms with van der Waals surface area (Å²) in [5.41, 5.74) is 1.39. The topological polar surface area (TPSA) is 96.2 Å². The number of hydrogen-bond acceptors (Lipinski definition) is 5. The van der Waals surface area contributed by atoms with Crippen molar-refractivity contribution in [3.63, 3.8) is 0 Å². The van der Waals surface area contributed by atoms with Crippen molar-refractivity contribution < 1.29 is 24.5 Å². The molecule has 0 saturated carbocycles. The van der Waals surface area contributed by atoms with Crippen LogP contribution in [-0.4, -0.2) is 23.6 Å². The molecule has 0 spiro atoms. The van der Waals surface area contributed by atoms with E-state index in [0.29, 0.717) is 5.56 Å². The average molecular weight is 294 g/mol. The number of allylic oxidation sites excluding steroid dienone is 4. The zero-order chi connectivity index (χ0) is 16.1. The van der Waals surface area contributed by atoms with Crippen LogP contribution in [0.3, 0.4) is 0 Å². The van der Waals surface area contributed by atoms with Crippen LogP contribution in [0.4, 0.5) is 0 Å². The number of benzene rings is 1. The summed E-state index contributed by atoms with van der Waals surface area (Å²) < 4.78 is 5.29. The molecule has 1 rings (SSSR count). The predicted molar refractivity (Wildman–Crippen MR) is 80.3 cm³/mol. The second kappa shape index (κ2) is 11.4. The number of aldehydes is 1. The molecule has 0 saturated heterocycles.